The fourth-order valence-corrected chi connectivity index (χ4v) is 5.76. The minimum Gasteiger partial charge on any atom is -0.496 e. The second kappa shape index (κ2) is 11.7. The van der Waals surface area contributed by atoms with Gasteiger partial charge in [-0.25, -0.2) is 0 Å². The van der Waals surface area contributed by atoms with Crippen LogP contribution in [0.25, 0.3) is 38.4 Å². The van der Waals surface area contributed by atoms with Crippen LogP contribution in [0.1, 0.15) is 21.5 Å². The highest BCUT2D eigenvalue weighted by Crippen LogP contribution is 2.42. The van der Waals surface area contributed by atoms with Gasteiger partial charge in [-0.3, -0.25) is 4.79 Å². The quantitative estimate of drug-likeness (QED) is 0.106. The summed E-state index contributed by atoms with van der Waals surface area (Å²) in [6.07, 6.45) is 4.51. The van der Waals surface area contributed by atoms with Crippen LogP contribution < -0.4 is 4.90 Å². The van der Waals surface area contributed by atoms with E-state index in [1.807, 2.05) is 24.3 Å². The minimum absolute atomic E-state index is 0.348. The van der Waals surface area contributed by atoms with Crippen LogP contribution in [-0.2, 0) is 11.3 Å². The Morgan fingerprint density at radius 3 is 2.12 bits per heavy atom. The zero-order chi connectivity index (χ0) is 29.0. The molecule has 7 rings (SSSR count). The first kappa shape index (κ1) is 26.2. The van der Waals surface area contributed by atoms with E-state index in [0.29, 0.717) is 12.2 Å². The smallest absolute Gasteiger partial charge is 0.150 e. The molecule has 0 bridgehead atoms. The number of hydrogen-bond donors (Lipinski definition) is 0. The number of hydrogen-bond acceptors (Lipinski definition) is 3. The Labute approximate surface area is 250 Å². The third kappa shape index (κ3) is 5.25. The molecule has 0 N–H and O–H groups in total. The van der Waals surface area contributed by atoms with E-state index < -0.39 is 0 Å². The predicted molar refractivity (Wildman–Crippen MR) is 179 cm³/mol. The molecule has 0 atom stereocenters. The lowest BCUT2D eigenvalue weighted by atomic mass is 9.98. The van der Waals surface area contributed by atoms with Crippen LogP contribution in [-0.4, -0.2) is 6.29 Å². The molecule has 0 aliphatic rings. The SMILES string of the molecule is O=Cc1ccccc1COC=Cc1ccc2cc(N(c3ccccc3)c3cc4ccccc4c4ccccc34)ccc2c1. The number of fused-ring (bicyclic) bond motifs is 4. The Balaban J connectivity index is 1.25. The highest BCUT2D eigenvalue weighted by molar-refractivity contribution is 6.14. The van der Waals surface area contributed by atoms with Crippen LogP contribution in [0.4, 0.5) is 17.1 Å². The molecule has 0 aromatic heterocycles. The summed E-state index contributed by atoms with van der Waals surface area (Å²) in [4.78, 5) is 13.6. The Morgan fingerprint density at radius 1 is 0.558 bits per heavy atom. The summed E-state index contributed by atoms with van der Waals surface area (Å²) < 4.78 is 5.75. The van der Waals surface area contributed by atoms with Crippen molar-refractivity contribution < 1.29 is 9.53 Å². The molecule has 0 aliphatic carbocycles. The third-order valence-electron chi connectivity index (χ3n) is 7.89. The van der Waals surface area contributed by atoms with E-state index in [4.69, 9.17) is 4.74 Å². The molecule has 206 valence electrons. The summed E-state index contributed by atoms with van der Waals surface area (Å²) in [5.41, 5.74) is 5.92. The molecule has 3 heteroatoms. The number of anilines is 3. The number of rotatable bonds is 8. The molecule has 0 saturated heterocycles. The van der Waals surface area contributed by atoms with Gasteiger partial charge in [-0.1, -0.05) is 109 Å². The van der Waals surface area contributed by atoms with E-state index in [1.54, 1.807) is 12.3 Å². The largest absolute Gasteiger partial charge is 0.496 e. The van der Waals surface area contributed by atoms with Gasteiger partial charge >= 0.3 is 0 Å². The van der Waals surface area contributed by atoms with E-state index in [2.05, 4.69) is 126 Å². The maximum Gasteiger partial charge on any atom is 0.150 e. The van der Waals surface area contributed by atoms with Crippen molar-refractivity contribution in [1.82, 2.24) is 0 Å². The first-order chi connectivity index (χ1) is 21.3. The van der Waals surface area contributed by atoms with Crippen LogP contribution in [0, 0.1) is 0 Å². The number of benzene rings is 7. The van der Waals surface area contributed by atoms with Crippen LogP contribution in [0.3, 0.4) is 0 Å². The topological polar surface area (TPSA) is 29.5 Å². The number of para-hydroxylation sites is 1. The lowest BCUT2D eigenvalue weighted by Gasteiger charge is -2.28. The molecule has 0 spiro atoms. The second-order valence-electron chi connectivity index (χ2n) is 10.6. The van der Waals surface area contributed by atoms with Crippen molar-refractivity contribution in [2.45, 2.75) is 6.61 Å². The van der Waals surface area contributed by atoms with Crippen molar-refractivity contribution in [1.29, 1.82) is 0 Å². The fourth-order valence-electron chi connectivity index (χ4n) is 5.76. The monoisotopic (exact) mass is 555 g/mol. The van der Waals surface area contributed by atoms with E-state index in [9.17, 15) is 4.79 Å². The zero-order valence-corrected chi connectivity index (χ0v) is 23.6. The summed E-state index contributed by atoms with van der Waals surface area (Å²) in [6.45, 7) is 0.348. The predicted octanol–water partition coefficient (Wildman–Crippen LogP) is 10.6. The Morgan fingerprint density at radius 2 is 1.26 bits per heavy atom. The molecule has 0 saturated carbocycles. The van der Waals surface area contributed by atoms with Gasteiger partial charge < -0.3 is 9.64 Å². The van der Waals surface area contributed by atoms with Gasteiger partial charge in [0.25, 0.3) is 0 Å². The van der Waals surface area contributed by atoms with E-state index in [-0.39, 0.29) is 0 Å². The van der Waals surface area contributed by atoms with Crippen molar-refractivity contribution in [2.24, 2.45) is 0 Å². The first-order valence-corrected chi connectivity index (χ1v) is 14.4. The van der Waals surface area contributed by atoms with Crippen LogP contribution >= 0.6 is 0 Å². The number of carbonyl (C=O) groups is 1. The van der Waals surface area contributed by atoms with Gasteiger partial charge in [0, 0.05) is 22.3 Å². The average molecular weight is 556 g/mol. The molecular formula is C40H29NO2. The fraction of sp³-hybridized carbons (Fsp3) is 0.0250. The summed E-state index contributed by atoms with van der Waals surface area (Å²) in [7, 11) is 0. The van der Waals surface area contributed by atoms with Crippen LogP contribution in [0.5, 0.6) is 0 Å². The molecule has 0 heterocycles. The van der Waals surface area contributed by atoms with Crippen molar-refractivity contribution in [3.05, 3.63) is 169 Å². The molecule has 0 radical (unpaired) electrons. The zero-order valence-electron chi connectivity index (χ0n) is 23.6. The summed E-state index contributed by atoms with van der Waals surface area (Å²) in [5, 5.41) is 7.22. The van der Waals surface area contributed by atoms with Crippen molar-refractivity contribution >= 4 is 61.7 Å². The molecule has 43 heavy (non-hydrogen) atoms. The molecule has 0 aliphatic heterocycles. The van der Waals surface area contributed by atoms with Gasteiger partial charge in [0.15, 0.2) is 0 Å². The number of ether oxygens (including phenoxy) is 1. The second-order valence-corrected chi connectivity index (χ2v) is 10.6. The highest BCUT2D eigenvalue weighted by Gasteiger charge is 2.17. The molecular weight excluding hydrogens is 526 g/mol. The summed E-state index contributed by atoms with van der Waals surface area (Å²) in [6, 6.07) is 50.6. The van der Waals surface area contributed by atoms with Crippen LogP contribution in [0.15, 0.2) is 152 Å². The lowest BCUT2D eigenvalue weighted by Crippen LogP contribution is -2.10. The molecule has 0 unspecified atom stereocenters. The number of carbonyl (C=O) groups excluding carboxylic acids is 1. The van der Waals surface area contributed by atoms with Gasteiger partial charge in [-0.05, 0) is 80.5 Å². The summed E-state index contributed by atoms with van der Waals surface area (Å²) >= 11 is 0. The van der Waals surface area contributed by atoms with Crippen molar-refractivity contribution in [2.75, 3.05) is 4.90 Å². The third-order valence-corrected chi connectivity index (χ3v) is 7.89. The van der Waals surface area contributed by atoms with Gasteiger partial charge in [0.05, 0.1) is 11.9 Å². The van der Waals surface area contributed by atoms with E-state index in [1.165, 1.54) is 21.5 Å². The maximum absolute atomic E-state index is 11.3. The Hall–Kier alpha value is -5.67. The van der Waals surface area contributed by atoms with Crippen molar-refractivity contribution in [3.8, 4) is 0 Å². The van der Waals surface area contributed by atoms with Gasteiger partial charge in [0.2, 0.25) is 0 Å². The van der Waals surface area contributed by atoms with Gasteiger partial charge in [-0.2, -0.15) is 0 Å². The molecule has 7 aromatic carbocycles. The first-order valence-electron chi connectivity index (χ1n) is 14.4. The van der Waals surface area contributed by atoms with E-state index in [0.717, 1.165) is 45.2 Å². The van der Waals surface area contributed by atoms with Gasteiger partial charge in [0.1, 0.15) is 12.9 Å². The maximum atomic E-state index is 11.3. The standard InChI is InChI=1S/C40H29NO2/c42-27-33-11-4-5-12-34(33)28-43-23-22-29-18-19-31-25-36(21-20-30(31)24-29)41(35-13-2-1-3-14-35)40-26-32-10-6-7-15-37(32)38-16-8-9-17-39(38)40/h1-27H,28H2. The van der Waals surface area contributed by atoms with E-state index >= 15 is 0 Å². The lowest BCUT2D eigenvalue weighted by molar-refractivity contribution is 0.112. The summed E-state index contributed by atoms with van der Waals surface area (Å²) in [5.74, 6) is 0. The highest BCUT2D eigenvalue weighted by atomic mass is 16.5. The molecule has 3 nitrogen and oxygen atoms in total. The average Bonchev–Trinajstić information content (AvgIpc) is 3.07. The Kier molecular flexibility index (Phi) is 7.12. The van der Waals surface area contributed by atoms with Gasteiger partial charge in [-0.15, -0.1) is 0 Å². The number of nitrogens with zero attached hydrogens (tertiary/aromatic N) is 1. The number of aldehydes is 1. The molecule has 0 fully saturated rings. The Bertz CT molecular complexity index is 2110. The van der Waals surface area contributed by atoms with Crippen molar-refractivity contribution in [3.63, 3.8) is 0 Å². The normalized spacial score (nSPS) is 11.3. The molecule has 7 aromatic rings. The minimum atomic E-state index is 0.348. The molecule has 0 amide bonds. The van der Waals surface area contributed by atoms with Crippen LogP contribution in [0.2, 0.25) is 0 Å².